The van der Waals surface area contributed by atoms with Crippen molar-refractivity contribution in [3.05, 3.63) is 40.9 Å². The van der Waals surface area contributed by atoms with Crippen LogP contribution in [0.2, 0.25) is 0 Å². The molecule has 176 valence electrons. The zero-order chi connectivity index (χ0) is 23.6. The summed E-state index contributed by atoms with van der Waals surface area (Å²) in [6.07, 6.45) is 2.45. The largest absolute Gasteiger partial charge is 0.497 e. The van der Waals surface area contributed by atoms with Gasteiger partial charge in [-0.1, -0.05) is 19.1 Å². The number of amides is 4. The van der Waals surface area contributed by atoms with Crippen LogP contribution in [0.25, 0.3) is 0 Å². The summed E-state index contributed by atoms with van der Waals surface area (Å²) in [6.45, 7) is 6.37. The number of methoxy groups -OCH3 is 1. The molecular formula is C23H29N5O4S. The molecule has 2 aliphatic rings. The highest BCUT2D eigenvalue weighted by Gasteiger charge is 2.49. The van der Waals surface area contributed by atoms with Gasteiger partial charge >= 0.3 is 6.03 Å². The summed E-state index contributed by atoms with van der Waals surface area (Å²) in [5, 5.41) is 7.82. The van der Waals surface area contributed by atoms with Gasteiger partial charge in [-0.25, -0.2) is 9.78 Å². The van der Waals surface area contributed by atoms with Gasteiger partial charge in [-0.2, -0.15) is 0 Å². The van der Waals surface area contributed by atoms with Crippen LogP contribution in [0.3, 0.4) is 0 Å². The van der Waals surface area contributed by atoms with Crippen LogP contribution >= 0.6 is 11.3 Å². The maximum atomic E-state index is 13.0. The van der Waals surface area contributed by atoms with E-state index in [2.05, 4.69) is 27.4 Å². The van der Waals surface area contributed by atoms with Crippen LogP contribution in [0.4, 0.5) is 9.93 Å². The number of hydrogen-bond donors (Lipinski definition) is 2. The SMILES string of the molecule is COc1ccc([C@]2(C)NC(=O)N(CC(=O)Nc3nc(CN4CCC[C@H](C)C4)cs3)C2=O)cc1. The average molecular weight is 472 g/mol. The number of imide groups is 1. The minimum atomic E-state index is -1.25. The summed E-state index contributed by atoms with van der Waals surface area (Å²) in [5.74, 6) is 0.383. The number of carbonyl (C=O) groups is 3. The minimum Gasteiger partial charge on any atom is -0.497 e. The Labute approximate surface area is 197 Å². The first kappa shape index (κ1) is 23.2. The van der Waals surface area contributed by atoms with Gasteiger partial charge in [-0.15, -0.1) is 11.3 Å². The Morgan fingerprint density at radius 2 is 2.09 bits per heavy atom. The maximum Gasteiger partial charge on any atom is 0.325 e. The Kier molecular flexibility index (Phi) is 6.66. The van der Waals surface area contributed by atoms with E-state index in [4.69, 9.17) is 4.74 Å². The van der Waals surface area contributed by atoms with Gasteiger partial charge in [0, 0.05) is 18.5 Å². The van der Waals surface area contributed by atoms with Crippen molar-refractivity contribution < 1.29 is 19.1 Å². The third kappa shape index (κ3) is 5.01. The van der Waals surface area contributed by atoms with E-state index in [-0.39, 0.29) is 6.54 Å². The molecule has 0 unspecified atom stereocenters. The highest BCUT2D eigenvalue weighted by Crippen LogP contribution is 2.30. The number of anilines is 1. The van der Waals surface area contributed by atoms with Crippen LogP contribution < -0.4 is 15.4 Å². The molecule has 0 saturated carbocycles. The topological polar surface area (TPSA) is 104 Å². The number of carbonyl (C=O) groups excluding carboxylic acids is 3. The average Bonchev–Trinajstić information content (AvgIpc) is 3.31. The predicted molar refractivity (Wildman–Crippen MR) is 125 cm³/mol. The number of ether oxygens (including phenoxy) is 1. The van der Waals surface area contributed by atoms with Gasteiger partial charge in [0.25, 0.3) is 5.91 Å². The molecule has 0 aliphatic carbocycles. The smallest absolute Gasteiger partial charge is 0.325 e. The van der Waals surface area contributed by atoms with Crippen LogP contribution in [0.5, 0.6) is 5.75 Å². The van der Waals surface area contributed by atoms with Gasteiger partial charge in [-0.3, -0.25) is 19.4 Å². The van der Waals surface area contributed by atoms with Gasteiger partial charge < -0.3 is 15.4 Å². The Bertz CT molecular complexity index is 1040. The number of nitrogens with one attached hydrogen (secondary N) is 2. The molecule has 0 spiro atoms. The molecule has 2 N–H and O–H groups in total. The second-order valence-electron chi connectivity index (χ2n) is 8.85. The number of urea groups is 1. The number of thiazole rings is 1. The number of benzene rings is 1. The quantitative estimate of drug-likeness (QED) is 0.602. The molecule has 33 heavy (non-hydrogen) atoms. The summed E-state index contributed by atoms with van der Waals surface area (Å²) >= 11 is 1.34. The normalized spacial score (nSPS) is 23.5. The summed E-state index contributed by atoms with van der Waals surface area (Å²) in [6, 6.07) is 6.29. The van der Waals surface area contributed by atoms with Crippen molar-refractivity contribution in [3.63, 3.8) is 0 Å². The van der Waals surface area contributed by atoms with E-state index >= 15 is 0 Å². The number of rotatable bonds is 7. The Morgan fingerprint density at radius 1 is 1.33 bits per heavy atom. The molecular weight excluding hydrogens is 442 g/mol. The van der Waals surface area contributed by atoms with Crippen molar-refractivity contribution in [2.75, 3.05) is 32.1 Å². The number of likely N-dealkylation sites (tertiary alicyclic amines) is 1. The Hall–Kier alpha value is -2.98. The number of hydrogen-bond acceptors (Lipinski definition) is 7. The van der Waals surface area contributed by atoms with Crippen molar-refractivity contribution in [2.24, 2.45) is 5.92 Å². The molecule has 1 aromatic heterocycles. The molecule has 2 aromatic rings. The maximum absolute atomic E-state index is 13.0. The molecule has 10 heteroatoms. The zero-order valence-electron chi connectivity index (χ0n) is 19.1. The standard InChI is InChI=1S/C23H29N5O4S/c1-15-5-4-10-27(11-15)12-17-14-33-21(24-17)25-19(29)13-28-20(30)23(2,26-22(28)31)16-6-8-18(32-3)9-7-16/h6-9,14-15H,4-5,10-13H2,1-3H3,(H,26,31)(H,24,25,29)/t15-,23-/m0/s1. The monoisotopic (exact) mass is 471 g/mol. The summed E-state index contributed by atoms with van der Waals surface area (Å²) in [5.41, 5.74) is 0.274. The van der Waals surface area contributed by atoms with Gasteiger partial charge in [0.05, 0.1) is 12.8 Å². The number of aromatic nitrogens is 1. The lowest BCUT2D eigenvalue weighted by molar-refractivity contribution is -0.133. The fraction of sp³-hybridized carbons (Fsp3) is 0.478. The highest BCUT2D eigenvalue weighted by atomic mass is 32.1. The van der Waals surface area contributed by atoms with E-state index in [1.807, 2.05) is 5.38 Å². The van der Waals surface area contributed by atoms with Gasteiger partial charge in [-0.05, 0) is 49.9 Å². The summed E-state index contributed by atoms with van der Waals surface area (Å²) in [4.78, 5) is 46.0. The third-order valence-corrected chi connectivity index (χ3v) is 6.98. The molecule has 1 aromatic carbocycles. The fourth-order valence-electron chi connectivity index (χ4n) is 4.36. The van der Waals surface area contributed by atoms with E-state index in [0.29, 0.717) is 22.4 Å². The number of piperidine rings is 1. The van der Waals surface area contributed by atoms with Crippen LogP contribution in [-0.4, -0.2) is 59.4 Å². The molecule has 0 bridgehead atoms. The van der Waals surface area contributed by atoms with Crippen molar-refractivity contribution >= 4 is 34.3 Å². The first-order valence-corrected chi connectivity index (χ1v) is 11.9. The molecule has 2 fully saturated rings. The van der Waals surface area contributed by atoms with E-state index in [1.54, 1.807) is 38.3 Å². The number of nitrogens with zero attached hydrogens (tertiary/aromatic N) is 3. The van der Waals surface area contributed by atoms with E-state index < -0.39 is 23.4 Å². The fourth-order valence-corrected chi connectivity index (χ4v) is 5.08. The molecule has 3 heterocycles. The molecule has 0 radical (unpaired) electrons. The zero-order valence-corrected chi connectivity index (χ0v) is 19.9. The second-order valence-corrected chi connectivity index (χ2v) is 9.71. The van der Waals surface area contributed by atoms with Gasteiger partial charge in [0.2, 0.25) is 5.91 Å². The van der Waals surface area contributed by atoms with Crippen molar-refractivity contribution in [1.29, 1.82) is 0 Å². The first-order chi connectivity index (χ1) is 15.8. The lowest BCUT2D eigenvalue weighted by atomic mass is 9.92. The van der Waals surface area contributed by atoms with E-state index in [0.717, 1.165) is 30.2 Å². The molecule has 9 nitrogen and oxygen atoms in total. The Morgan fingerprint density at radius 3 is 2.79 bits per heavy atom. The molecule has 2 aliphatic heterocycles. The predicted octanol–water partition coefficient (Wildman–Crippen LogP) is 2.79. The van der Waals surface area contributed by atoms with E-state index in [1.165, 1.54) is 24.2 Å². The lowest BCUT2D eigenvalue weighted by Gasteiger charge is -2.30. The van der Waals surface area contributed by atoms with Crippen LogP contribution in [0.1, 0.15) is 37.9 Å². The van der Waals surface area contributed by atoms with Crippen LogP contribution in [-0.2, 0) is 21.7 Å². The van der Waals surface area contributed by atoms with Crippen molar-refractivity contribution in [3.8, 4) is 5.75 Å². The second kappa shape index (κ2) is 9.48. The third-order valence-electron chi connectivity index (χ3n) is 6.17. The van der Waals surface area contributed by atoms with E-state index in [9.17, 15) is 14.4 Å². The molecule has 2 atom stereocenters. The molecule has 2 saturated heterocycles. The highest BCUT2D eigenvalue weighted by molar-refractivity contribution is 7.13. The Balaban J connectivity index is 1.36. The van der Waals surface area contributed by atoms with Crippen LogP contribution in [0.15, 0.2) is 29.6 Å². The lowest BCUT2D eigenvalue weighted by Crippen LogP contribution is -2.42. The van der Waals surface area contributed by atoms with Crippen molar-refractivity contribution in [1.82, 2.24) is 20.1 Å². The molecule has 4 rings (SSSR count). The summed E-state index contributed by atoms with van der Waals surface area (Å²) < 4.78 is 5.15. The van der Waals surface area contributed by atoms with Gasteiger partial charge in [0.15, 0.2) is 5.13 Å². The van der Waals surface area contributed by atoms with Gasteiger partial charge in [0.1, 0.15) is 17.8 Å². The first-order valence-electron chi connectivity index (χ1n) is 11.0. The minimum absolute atomic E-state index is 0.380. The molecule has 4 amide bonds. The van der Waals surface area contributed by atoms with Crippen LogP contribution in [0, 0.1) is 5.92 Å². The van der Waals surface area contributed by atoms with Crippen molar-refractivity contribution in [2.45, 2.75) is 38.8 Å². The summed E-state index contributed by atoms with van der Waals surface area (Å²) in [7, 11) is 1.55.